The lowest BCUT2D eigenvalue weighted by atomic mass is 9.76. The standard InChI is InChI=1S/C17H27N/c1-4-15-8-10-16(11-9-15)17(14(2)3)12-6-5-7-13-18-17/h8-11,14,18H,4-7,12-13H2,1-3H3. The van der Waals surface area contributed by atoms with Crippen molar-refractivity contribution in [3.05, 3.63) is 35.4 Å². The van der Waals surface area contributed by atoms with E-state index in [2.05, 4.69) is 50.4 Å². The molecular formula is C17H27N. The molecular weight excluding hydrogens is 218 g/mol. The second kappa shape index (κ2) is 5.88. The van der Waals surface area contributed by atoms with Crippen LogP contribution < -0.4 is 5.32 Å². The molecule has 0 aliphatic carbocycles. The van der Waals surface area contributed by atoms with Crippen LogP contribution in [-0.4, -0.2) is 6.54 Å². The molecule has 0 radical (unpaired) electrons. The number of rotatable bonds is 3. The quantitative estimate of drug-likeness (QED) is 0.839. The van der Waals surface area contributed by atoms with E-state index in [1.54, 1.807) is 0 Å². The van der Waals surface area contributed by atoms with Gasteiger partial charge in [0.1, 0.15) is 0 Å². The molecule has 0 spiro atoms. The van der Waals surface area contributed by atoms with Gasteiger partial charge < -0.3 is 5.32 Å². The summed E-state index contributed by atoms with van der Waals surface area (Å²) in [7, 11) is 0. The Bertz CT molecular complexity index is 356. The topological polar surface area (TPSA) is 12.0 Å². The Morgan fingerprint density at radius 1 is 1.11 bits per heavy atom. The third-order valence-electron chi connectivity index (χ3n) is 4.55. The number of hydrogen-bond acceptors (Lipinski definition) is 1. The Morgan fingerprint density at radius 3 is 2.44 bits per heavy atom. The minimum atomic E-state index is 0.197. The lowest BCUT2D eigenvalue weighted by molar-refractivity contribution is 0.231. The predicted octanol–water partition coefficient (Wildman–Crippen LogP) is 4.26. The van der Waals surface area contributed by atoms with Crippen molar-refractivity contribution in [1.82, 2.24) is 5.32 Å². The fourth-order valence-corrected chi connectivity index (χ4v) is 3.22. The van der Waals surface area contributed by atoms with Crippen molar-refractivity contribution in [2.45, 2.75) is 58.4 Å². The van der Waals surface area contributed by atoms with Crippen LogP contribution in [0.15, 0.2) is 24.3 Å². The van der Waals surface area contributed by atoms with Crippen LogP contribution >= 0.6 is 0 Å². The van der Waals surface area contributed by atoms with Gasteiger partial charge in [-0.1, -0.05) is 57.9 Å². The van der Waals surface area contributed by atoms with Crippen molar-refractivity contribution in [3.63, 3.8) is 0 Å². The molecule has 18 heavy (non-hydrogen) atoms. The molecule has 1 heterocycles. The number of benzene rings is 1. The summed E-state index contributed by atoms with van der Waals surface area (Å²) in [4.78, 5) is 0. The Morgan fingerprint density at radius 2 is 1.83 bits per heavy atom. The van der Waals surface area contributed by atoms with Gasteiger partial charge in [-0.15, -0.1) is 0 Å². The predicted molar refractivity (Wildman–Crippen MR) is 78.8 cm³/mol. The normalized spacial score (nSPS) is 25.1. The Kier molecular flexibility index (Phi) is 4.45. The van der Waals surface area contributed by atoms with Gasteiger partial charge in [0.2, 0.25) is 0 Å². The first kappa shape index (κ1) is 13.6. The van der Waals surface area contributed by atoms with Crippen molar-refractivity contribution >= 4 is 0 Å². The maximum atomic E-state index is 3.85. The van der Waals surface area contributed by atoms with Crippen LogP contribution in [0.25, 0.3) is 0 Å². The first-order valence-electron chi connectivity index (χ1n) is 7.53. The summed E-state index contributed by atoms with van der Waals surface area (Å²) in [5, 5.41) is 3.85. The minimum Gasteiger partial charge on any atom is -0.307 e. The molecule has 1 N–H and O–H groups in total. The summed E-state index contributed by atoms with van der Waals surface area (Å²) in [6.45, 7) is 8.09. The average Bonchev–Trinajstić information content (AvgIpc) is 2.65. The molecule has 0 amide bonds. The van der Waals surface area contributed by atoms with Crippen LogP contribution in [0.4, 0.5) is 0 Å². The van der Waals surface area contributed by atoms with Gasteiger partial charge in [0.15, 0.2) is 0 Å². The molecule has 0 bridgehead atoms. The summed E-state index contributed by atoms with van der Waals surface area (Å²) < 4.78 is 0. The lowest BCUT2D eigenvalue weighted by Crippen LogP contribution is -2.46. The van der Waals surface area contributed by atoms with Gasteiger partial charge in [-0.3, -0.25) is 0 Å². The Hall–Kier alpha value is -0.820. The van der Waals surface area contributed by atoms with Gasteiger partial charge in [-0.2, -0.15) is 0 Å². The second-order valence-corrected chi connectivity index (χ2v) is 5.91. The van der Waals surface area contributed by atoms with E-state index in [1.165, 1.54) is 36.8 Å². The molecule has 2 rings (SSSR count). The van der Waals surface area contributed by atoms with Gasteiger partial charge in [-0.25, -0.2) is 0 Å². The number of hydrogen-bond donors (Lipinski definition) is 1. The van der Waals surface area contributed by atoms with Gasteiger partial charge in [0.05, 0.1) is 0 Å². The average molecular weight is 245 g/mol. The van der Waals surface area contributed by atoms with Gasteiger partial charge in [0, 0.05) is 5.54 Å². The fraction of sp³-hybridized carbons (Fsp3) is 0.647. The van der Waals surface area contributed by atoms with E-state index in [-0.39, 0.29) is 5.54 Å². The van der Waals surface area contributed by atoms with Crippen molar-refractivity contribution in [2.24, 2.45) is 5.92 Å². The molecule has 100 valence electrons. The summed E-state index contributed by atoms with van der Waals surface area (Å²) in [6, 6.07) is 9.28. The van der Waals surface area contributed by atoms with Gasteiger partial charge >= 0.3 is 0 Å². The summed E-state index contributed by atoms with van der Waals surface area (Å²) in [6.07, 6.45) is 6.44. The zero-order chi connectivity index (χ0) is 13.0. The molecule has 1 aromatic carbocycles. The van der Waals surface area contributed by atoms with E-state index in [4.69, 9.17) is 0 Å². The van der Waals surface area contributed by atoms with E-state index < -0.39 is 0 Å². The number of aryl methyl sites for hydroxylation is 1. The van der Waals surface area contributed by atoms with Crippen LogP contribution in [0, 0.1) is 5.92 Å². The highest BCUT2D eigenvalue weighted by Crippen LogP contribution is 2.36. The maximum absolute atomic E-state index is 3.85. The van der Waals surface area contributed by atoms with Crippen LogP contribution in [-0.2, 0) is 12.0 Å². The van der Waals surface area contributed by atoms with E-state index in [0.29, 0.717) is 5.92 Å². The maximum Gasteiger partial charge on any atom is 0.0457 e. The van der Waals surface area contributed by atoms with E-state index >= 15 is 0 Å². The van der Waals surface area contributed by atoms with Crippen molar-refractivity contribution in [3.8, 4) is 0 Å². The fourth-order valence-electron chi connectivity index (χ4n) is 3.22. The first-order chi connectivity index (χ1) is 8.69. The third-order valence-corrected chi connectivity index (χ3v) is 4.55. The molecule has 1 aliphatic heterocycles. The first-order valence-corrected chi connectivity index (χ1v) is 7.53. The SMILES string of the molecule is CCc1ccc(C2(C(C)C)CCCCCN2)cc1. The van der Waals surface area contributed by atoms with Gasteiger partial charge in [-0.05, 0) is 42.9 Å². The molecule has 1 unspecified atom stereocenters. The monoisotopic (exact) mass is 245 g/mol. The van der Waals surface area contributed by atoms with Crippen molar-refractivity contribution < 1.29 is 0 Å². The molecule has 1 saturated heterocycles. The summed E-state index contributed by atoms with van der Waals surface area (Å²) >= 11 is 0. The highest BCUT2D eigenvalue weighted by atomic mass is 15.0. The van der Waals surface area contributed by atoms with Crippen LogP contribution in [0.1, 0.15) is 57.6 Å². The zero-order valence-corrected chi connectivity index (χ0v) is 12.1. The van der Waals surface area contributed by atoms with Crippen LogP contribution in [0.5, 0.6) is 0 Å². The largest absolute Gasteiger partial charge is 0.307 e. The Labute approximate surface area is 112 Å². The Balaban J connectivity index is 2.32. The molecule has 0 saturated carbocycles. The van der Waals surface area contributed by atoms with Crippen LogP contribution in [0.2, 0.25) is 0 Å². The summed E-state index contributed by atoms with van der Waals surface area (Å²) in [5.74, 6) is 0.642. The van der Waals surface area contributed by atoms with E-state index in [9.17, 15) is 0 Å². The highest BCUT2D eigenvalue weighted by Gasteiger charge is 2.35. The molecule has 1 aliphatic rings. The van der Waals surface area contributed by atoms with Crippen molar-refractivity contribution in [2.75, 3.05) is 6.54 Å². The highest BCUT2D eigenvalue weighted by molar-refractivity contribution is 5.29. The minimum absolute atomic E-state index is 0.197. The molecule has 1 fully saturated rings. The van der Waals surface area contributed by atoms with Crippen LogP contribution in [0.3, 0.4) is 0 Å². The van der Waals surface area contributed by atoms with Gasteiger partial charge in [0.25, 0.3) is 0 Å². The zero-order valence-electron chi connectivity index (χ0n) is 12.1. The molecule has 1 nitrogen and oxygen atoms in total. The lowest BCUT2D eigenvalue weighted by Gasteiger charge is -2.38. The second-order valence-electron chi connectivity index (χ2n) is 5.91. The third kappa shape index (κ3) is 2.61. The smallest absolute Gasteiger partial charge is 0.0457 e. The number of nitrogens with one attached hydrogen (secondary N) is 1. The van der Waals surface area contributed by atoms with E-state index in [1.807, 2.05) is 0 Å². The molecule has 1 aromatic rings. The summed E-state index contributed by atoms with van der Waals surface area (Å²) in [5.41, 5.74) is 3.12. The molecule has 1 atom stereocenters. The van der Waals surface area contributed by atoms with E-state index in [0.717, 1.165) is 13.0 Å². The van der Waals surface area contributed by atoms with Crippen molar-refractivity contribution in [1.29, 1.82) is 0 Å². The molecule has 1 heteroatoms. The molecule has 0 aromatic heterocycles.